The molecule has 2 amide bonds. The van der Waals surface area contributed by atoms with Gasteiger partial charge in [-0.15, -0.1) is 0 Å². The van der Waals surface area contributed by atoms with Gasteiger partial charge in [-0.1, -0.05) is 36.4 Å². The smallest absolute Gasteiger partial charge is 0.259 e. The fourth-order valence-corrected chi connectivity index (χ4v) is 2.15. The van der Waals surface area contributed by atoms with Crippen LogP contribution in [0.3, 0.4) is 0 Å². The fraction of sp³-hybridized carbons (Fsp3) is 0.150. The van der Waals surface area contributed by atoms with Crippen molar-refractivity contribution in [3.8, 4) is 11.5 Å². The number of nitrogens with one attached hydrogen (secondary N) is 2. The first-order valence-corrected chi connectivity index (χ1v) is 8.18. The Kier molecular flexibility index (Phi) is 7.59. The lowest BCUT2D eigenvalue weighted by molar-refractivity contribution is -0.120. The van der Waals surface area contributed by atoms with Crippen LogP contribution in [0, 0.1) is 0 Å². The molecule has 0 aliphatic heterocycles. The van der Waals surface area contributed by atoms with Gasteiger partial charge in [-0.2, -0.15) is 5.10 Å². The number of allylic oxidation sites excluding steroid dienone is 1. The summed E-state index contributed by atoms with van der Waals surface area (Å²) in [6, 6.07) is 14.4. The molecule has 0 aliphatic carbocycles. The Morgan fingerprint density at radius 3 is 2.48 bits per heavy atom. The van der Waals surface area contributed by atoms with E-state index in [1.165, 1.54) is 20.4 Å². The third-order valence-electron chi connectivity index (χ3n) is 3.49. The molecular weight excluding hydrogens is 346 g/mol. The summed E-state index contributed by atoms with van der Waals surface area (Å²) in [7, 11) is 2.99. The Balaban J connectivity index is 1.78. The molecule has 2 aromatic carbocycles. The van der Waals surface area contributed by atoms with Crippen LogP contribution in [0.15, 0.2) is 59.7 Å². The fourth-order valence-electron chi connectivity index (χ4n) is 2.15. The van der Waals surface area contributed by atoms with Crippen molar-refractivity contribution in [2.24, 2.45) is 5.10 Å². The highest BCUT2D eigenvalue weighted by atomic mass is 16.5. The second-order valence-electron chi connectivity index (χ2n) is 5.34. The summed E-state index contributed by atoms with van der Waals surface area (Å²) in [5.41, 5.74) is 3.72. The molecule has 0 heterocycles. The lowest BCUT2D eigenvalue weighted by atomic mass is 10.2. The first-order chi connectivity index (χ1) is 13.1. The lowest BCUT2D eigenvalue weighted by Gasteiger charge is -2.09. The molecule has 2 aromatic rings. The molecule has 0 aromatic heterocycles. The van der Waals surface area contributed by atoms with Crippen LogP contribution in [-0.2, 0) is 4.79 Å². The van der Waals surface area contributed by atoms with Gasteiger partial charge in [0.25, 0.3) is 11.8 Å². The van der Waals surface area contributed by atoms with E-state index < -0.39 is 11.8 Å². The van der Waals surface area contributed by atoms with Gasteiger partial charge in [0.2, 0.25) is 0 Å². The highest BCUT2D eigenvalue weighted by molar-refractivity contribution is 5.97. The van der Waals surface area contributed by atoms with Crippen LogP contribution in [-0.4, -0.2) is 38.8 Å². The van der Waals surface area contributed by atoms with Crippen LogP contribution in [0.25, 0.3) is 6.08 Å². The minimum Gasteiger partial charge on any atom is -0.493 e. The highest BCUT2D eigenvalue weighted by Crippen LogP contribution is 2.27. The Bertz CT molecular complexity index is 832. The van der Waals surface area contributed by atoms with E-state index in [9.17, 15) is 9.59 Å². The SMILES string of the molecule is COc1ccc(C(=O)NCC(=O)N/N=C/C=C/c2ccccc2)cc1OC. The van der Waals surface area contributed by atoms with Gasteiger partial charge in [0.15, 0.2) is 11.5 Å². The average molecular weight is 367 g/mol. The molecule has 0 fully saturated rings. The van der Waals surface area contributed by atoms with E-state index >= 15 is 0 Å². The number of carbonyl (C=O) groups is 2. The van der Waals surface area contributed by atoms with Crippen molar-refractivity contribution in [3.63, 3.8) is 0 Å². The number of carbonyl (C=O) groups excluding carboxylic acids is 2. The van der Waals surface area contributed by atoms with E-state index in [0.29, 0.717) is 17.1 Å². The third kappa shape index (κ3) is 6.32. The third-order valence-corrected chi connectivity index (χ3v) is 3.49. The summed E-state index contributed by atoms with van der Waals surface area (Å²) in [5, 5.41) is 6.30. The number of hydrogen-bond donors (Lipinski definition) is 2. The van der Waals surface area contributed by atoms with Gasteiger partial charge in [-0.25, -0.2) is 5.43 Å². The maximum absolute atomic E-state index is 12.1. The molecule has 2 N–H and O–H groups in total. The van der Waals surface area contributed by atoms with E-state index in [0.717, 1.165) is 5.56 Å². The molecule has 7 heteroatoms. The Morgan fingerprint density at radius 1 is 1.04 bits per heavy atom. The van der Waals surface area contributed by atoms with E-state index in [1.807, 2.05) is 36.4 Å². The summed E-state index contributed by atoms with van der Waals surface area (Å²) in [5.74, 6) is 0.112. The van der Waals surface area contributed by atoms with Crippen LogP contribution < -0.4 is 20.2 Å². The summed E-state index contributed by atoms with van der Waals surface area (Å²) < 4.78 is 10.3. The largest absolute Gasteiger partial charge is 0.493 e. The first kappa shape index (κ1) is 19.7. The number of hydrogen-bond acceptors (Lipinski definition) is 5. The van der Waals surface area contributed by atoms with Gasteiger partial charge < -0.3 is 14.8 Å². The molecule has 0 radical (unpaired) electrons. The number of amides is 2. The van der Waals surface area contributed by atoms with Gasteiger partial charge in [-0.05, 0) is 29.8 Å². The molecule has 140 valence electrons. The molecule has 0 atom stereocenters. The number of hydrazone groups is 1. The van der Waals surface area contributed by atoms with E-state index in [-0.39, 0.29) is 6.54 Å². The van der Waals surface area contributed by atoms with Crippen LogP contribution in [0.5, 0.6) is 11.5 Å². The molecule has 7 nitrogen and oxygen atoms in total. The Labute approximate surface area is 157 Å². The molecule has 27 heavy (non-hydrogen) atoms. The van der Waals surface area contributed by atoms with Gasteiger partial charge in [0, 0.05) is 11.8 Å². The van der Waals surface area contributed by atoms with Crippen molar-refractivity contribution in [3.05, 3.63) is 65.7 Å². The molecule has 2 rings (SSSR count). The van der Waals surface area contributed by atoms with Crippen molar-refractivity contribution in [1.82, 2.24) is 10.7 Å². The number of benzene rings is 2. The van der Waals surface area contributed by atoms with E-state index in [1.54, 1.807) is 24.3 Å². The Morgan fingerprint density at radius 2 is 1.78 bits per heavy atom. The first-order valence-electron chi connectivity index (χ1n) is 8.18. The van der Waals surface area contributed by atoms with Crippen LogP contribution in [0.1, 0.15) is 15.9 Å². The summed E-state index contributed by atoms with van der Waals surface area (Å²) in [6.07, 6.45) is 5.02. The molecule has 0 aliphatic rings. The maximum atomic E-state index is 12.1. The number of nitrogens with zero attached hydrogens (tertiary/aromatic N) is 1. The molecule has 0 bridgehead atoms. The standard InChI is InChI=1S/C20H21N3O4/c1-26-17-11-10-16(13-18(17)27-2)20(25)21-14-19(24)23-22-12-6-9-15-7-4-3-5-8-15/h3-13H,14H2,1-2H3,(H,21,25)(H,23,24)/b9-6+,22-12+. The van der Waals surface area contributed by atoms with E-state index in [2.05, 4.69) is 15.8 Å². The minimum absolute atomic E-state index is 0.201. The van der Waals surface area contributed by atoms with Crippen LogP contribution in [0.2, 0.25) is 0 Å². The summed E-state index contributed by atoms with van der Waals surface area (Å²) >= 11 is 0. The second-order valence-corrected chi connectivity index (χ2v) is 5.34. The monoisotopic (exact) mass is 367 g/mol. The predicted octanol–water partition coefficient (Wildman–Crippen LogP) is 2.25. The topological polar surface area (TPSA) is 89.0 Å². The lowest BCUT2D eigenvalue weighted by Crippen LogP contribution is -2.34. The zero-order valence-corrected chi connectivity index (χ0v) is 15.1. The van der Waals surface area contributed by atoms with Gasteiger partial charge in [0.05, 0.1) is 20.8 Å². The van der Waals surface area contributed by atoms with Crippen LogP contribution in [0.4, 0.5) is 0 Å². The second kappa shape index (κ2) is 10.4. The van der Waals surface area contributed by atoms with Crippen LogP contribution >= 0.6 is 0 Å². The van der Waals surface area contributed by atoms with Crippen molar-refractivity contribution in [2.45, 2.75) is 0 Å². The van der Waals surface area contributed by atoms with E-state index in [4.69, 9.17) is 9.47 Å². The van der Waals surface area contributed by atoms with Gasteiger partial charge in [0.1, 0.15) is 0 Å². The molecule has 0 saturated carbocycles. The average Bonchev–Trinajstić information content (AvgIpc) is 2.71. The Hall–Kier alpha value is -3.61. The number of rotatable bonds is 8. The quantitative estimate of drug-likeness (QED) is 0.553. The molecule has 0 unspecified atom stereocenters. The zero-order chi connectivity index (χ0) is 19.5. The maximum Gasteiger partial charge on any atom is 0.259 e. The minimum atomic E-state index is -0.437. The number of methoxy groups -OCH3 is 2. The van der Waals surface area contributed by atoms with Crippen molar-refractivity contribution >= 4 is 24.1 Å². The highest BCUT2D eigenvalue weighted by Gasteiger charge is 2.11. The zero-order valence-electron chi connectivity index (χ0n) is 15.1. The molecule has 0 saturated heterocycles. The summed E-state index contributed by atoms with van der Waals surface area (Å²) in [6.45, 7) is -0.201. The normalized spacial score (nSPS) is 10.7. The predicted molar refractivity (Wildman–Crippen MR) is 104 cm³/mol. The van der Waals surface area contributed by atoms with Gasteiger partial charge >= 0.3 is 0 Å². The van der Waals surface area contributed by atoms with Crippen molar-refractivity contribution < 1.29 is 19.1 Å². The van der Waals surface area contributed by atoms with Crippen molar-refractivity contribution in [2.75, 3.05) is 20.8 Å². The van der Waals surface area contributed by atoms with Gasteiger partial charge in [-0.3, -0.25) is 9.59 Å². The molecular formula is C20H21N3O4. The van der Waals surface area contributed by atoms with Crippen molar-refractivity contribution in [1.29, 1.82) is 0 Å². The summed E-state index contributed by atoms with van der Waals surface area (Å²) in [4.78, 5) is 23.8. The number of ether oxygens (including phenoxy) is 2. The molecule has 0 spiro atoms.